The minimum Gasteiger partial charge on any atom is -0.313 e. The lowest BCUT2D eigenvalue weighted by molar-refractivity contribution is -0.136. The Bertz CT molecular complexity index is 150. The lowest BCUT2D eigenvalue weighted by atomic mass is 10.2. The third kappa shape index (κ3) is 10.4. The van der Waals surface area contributed by atoms with E-state index in [2.05, 4.69) is 12.2 Å². The van der Waals surface area contributed by atoms with Crippen LogP contribution in [0.3, 0.4) is 0 Å². The Hall–Kier alpha value is 0.1000. The van der Waals surface area contributed by atoms with Crippen molar-refractivity contribution in [3.63, 3.8) is 0 Å². The molecule has 1 nitrogen and oxygen atoms in total. The van der Waals surface area contributed by atoms with E-state index in [1.165, 1.54) is 0 Å². The summed E-state index contributed by atoms with van der Waals surface area (Å²) in [7, 11) is 0. The first-order valence-corrected chi connectivity index (χ1v) is 6.53. The van der Waals surface area contributed by atoms with Gasteiger partial charge >= 0.3 is 6.18 Å². The molecule has 0 amide bonds. The Balaban J connectivity index is 3.72. The van der Waals surface area contributed by atoms with Gasteiger partial charge in [0.25, 0.3) is 0 Å². The molecule has 0 fully saturated rings. The van der Waals surface area contributed by atoms with E-state index in [4.69, 9.17) is 0 Å². The number of hydrogen-bond acceptors (Lipinski definition) is 2. The highest BCUT2D eigenvalue weighted by Crippen LogP contribution is 2.23. The molecule has 0 radical (unpaired) electrons. The van der Waals surface area contributed by atoms with Gasteiger partial charge in [0, 0.05) is 18.2 Å². The Labute approximate surface area is 94.2 Å². The number of halogens is 3. The van der Waals surface area contributed by atoms with Crippen LogP contribution in [0.15, 0.2) is 0 Å². The van der Waals surface area contributed by atoms with Crippen LogP contribution in [0.5, 0.6) is 0 Å². The second-order valence-corrected chi connectivity index (χ2v) is 4.63. The maximum atomic E-state index is 12.0. The molecular weight excluding hydrogens is 223 g/mol. The maximum absolute atomic E-state index is 12.0. The molecule has 15 heavy (non-hydrogen) atoms. The predicted molar refractivity (Wildman–Crippen MR) is 60.4 cm³/mol. The summed E-state index contributed by atoms with van der Waals surface area (Å²) < 4.78 is 36.0. The van der Waals surface area contributed by atoms with Crippen LogP contribution < -0.4 is 5.32 Å². The molecule has 0 aromatic rings. The zero-order valence-corrected chi connectivity index (χ0v) is 10.2. The van der Waals surface area contributed by atoms with Crippen molar-refractivity contribution in [2.24, 2.45) is 0 Å². The third-order valence-electron chi connectivity index (χ3n) is 1.94. The average molecular weight is 243 g/mol. The van der Waals surface area contributed by atoms with Crippen LogP contribution in [0, 0.1) is 0 Å². The monoisotopic (exact) mass is 243 g/mol. The average Bonchev–Trinajstić information content (AvgIpc) is 2.13. The Morgan fingerprint density at radius 1 is 1.27 bits per heavy atom. The van der Waals surface area contributed by atoms with Crippen LogP contribution in [0.1, 0.15) is 33.1 Å². The molecule has 0 rings (SSSR count). The van der Waals surface area contributed by atoms with Gasteiger partial charge in [0.1, 0.15) is 0 Å². The van der Waals surface area contributed by atoms with E-state index < -0.39 is 12.6 Å². The molecule has 0 aliphatic heterocycles. The fraction of sp³-hybridized carbons (Fsp3) is 1.00. The second kappa shape index (κ2) is 8.28. The highest BCUT2D eigenvalue weighted by atomic mass is 32.2. The molecule has 1 N–H and O–H groups in total. The normalized spacial score (nSPS) is 14.2. The molecule has 92 valence electrons. The maximum Gasteiger partial charge on any atom is 0.389 e. The van der Waals surface area contributed by atoms with Gasteiger partial charge in [-0.2, -0.15) is 24.9 Å². The van der Waals surface area contributed by atoms with Gasteiger partial charge in [-0.3, -0.25) is 0 Å². The highest BCUT2D eigenvalue weighted by molar-refractivity contribution is 7.99. The molecule has 0 aliphatic rings. The zero-order valence-electron chi connectivity index (χ0n) is 9.36. The van der Waals surface area contributed by atoms with Gasteiger partial charge in [0.05, 0.1) is 0 Å². The van der Waals surface area contributed by atoms with E-state index in [1.54, 1.807) is 11.8 Å². The van der Waals surface area contributed by atoms with E-state index >= 15 is 0 Å². The van der Waals surface area contributed by atoms with Crippen molar-refractivity contribution >= 4 is 11.8 Å². The largest absolute Gasteiger partial charge is 0.389 e. The minimum atomic E-state index is -4.02. The Kier molecular flexibility index (Phi) is 8.33. The van der Waals surface area contributed by atoms with E-state index in [1.807, 2.05) is 6.92 Å². The summed E-state index contributed by atoms with van der Waals surface area (Å²) >= 11 is 1.72. The van der Waals surface area contributed by atoms with E-state index in [9.17, 15) is 13.2 Å². The van der Waals surface area contributed by atoms with Crippen molar-refractivity contribution in [3.05, 3.63) is 0 Å². The quantitative estimate of drug-likeness (QED) is 0.655. The molecule has 0 spiro atoms. The highest BCUT2D eigenvalue weighted by Gasteiger charge is 2.27. The molecule has 0 aliphatic carbocycles. The van der Waals surface area contributed by atoms with Crippen LogP contribution in [-0.4, -0.2) is 30.3 Å². The van der Waals surface area contributed by atoms with E-state index in [-0.39, 0.29) is 12.5 Å². The van der Waals surface area contributed by atoms with Gasteiger partial charge in [-0.25, -0.2) is 0 Å². The fourth-order valence-corrected chi connectivity index (χ4v) is 2.27. The van der Waals surface area contributed by atoms with Crippen molar-refractivity contribution in [1.29, 1.82) is 0 Å². The summed E-state index contributed by atoms with van der Waals surface area (Å²) in [5, 5.41) is 3.09. The molecule has 0 aromatic heterocycles. The molecule has 0 saturated carbocycles. The number of alkyl halides is 3. The van der Waals surface area contributed by atoms with Crippen molar-refractivity contribution in [2.45, 2.75) is 45.3 Å². The number of rotatable bonds is 8. The first-order valence-electron chi connectivity index (χ1n) is 5.37. The van der Waals surface area contributed by atoms with E-state index in [0.29, 0.717) is 0 Å². The summed E-state index contributed by atoms with van der Waals surface area (Å²) in [5.41, 5.74) is 0. The third-order valence-corrected chi connectivity index (χ3v) is 3.27. The van der Waals surface area contributed by atoms with Crippen LogP contribution in [0.4, 0.5) is 13.2 Å². The first-order chi connectivity index (χ1) is 6.99. The molecule has 1 atom stereocenters. The molecule has 0 bridgehead atoms. The Morgan fingerprint density at radius 3 is 2.40 bits per heavy atom. The van der Waals surface area contributed by atoms with Crippen molar-refractivity contribution < 1.29 is 13.2 Å². The minimum absolute atomic E-state index is 0.00632. The summed E-state index contributed by atoms with van der Waals surface area (Å²) in [6.45, 7) is 4.73. The summed E-state index contributed by atoms with van der Waals surface area (Å²) in [6, 6.07) is -0.00632. The van der Waals surface area contributed by atoms with Gasteiger partial charge in [-0.1, -0.05) is 13.8 Å². The van der Waals surface area contributed by atoms with Crippen LogP contribution in [0.2, 0.25) is 0 Å². The molecular formula is C10H20F3NS. The molecule has 0 heterocycles. The number of nitrogens with one attached hydrogen (secondary N) is 1. The molecule has 0 aromatic carbocycles. The van der Waals surface area contributed by atoms with Gasteiger partial charge in [-0.15, -0.1) is 0 Å². The molecule has 1 unspecified atom stereocenters. The first kappa shape index (κ1) is 15.1. The standard InChI is InChI=1S/C10H20F3NS/c1-3-7-15-8-9(14-4-2)5-6-10(11,12)13/h9,14H,3-8H2,1-2H3. The van der Waals surface area contributed by atoms with Gasteiger partial charge in [-0.05, 0) is 25.1 Å². The predicted octanol–water partition coefficient (Wildman–Crippen LogP) is 3.45. The fourth-order valence-electron chi connectivity index (χ4n) is 1.24. The van der Waals surface area contributed by atoms with Crippen molar-refractivity contribution in [2.75, 3.05) is 18.1 Å². The lowest BCUT2D eigenvalue weighted by Crippen LogP contribution is -2.32. The second-order valence-electron chi connectivity index (χ2n) is 3.48. The topological polar surface area (TPSA) is 12.0 Å². The molecule has 0 saturated heterocycles. The lowest BCUT2D eigenvalue weighted by Gasteiger charge is -2.18. The summed E-state index contributed by atoms with van der Waals surface area (Å²) in [5.74, 6) is 1.80. The van der Waals surface area contributed by atoms with Crippen LogP contribution >= 0.6 is 11.8 Å². The zero-order chi connectivity index (χ0) is 11.7. The summed E-state index contributed by atoms with van der Waals surface area (Å²) in [6.07, 6.45) is -3.45. The SMILES string of the molecule is CCCSCC(CCC(F)(F)F)NCC. The van der Waals surface area contributed by atoms with E-state index in [0.717, 1.165) is 24.5 Å². The van der Waals surface area contributed by atoms with Gasteiger partial charge in [0.15, 0.2) is 0 Å². The number of thioether (sulfide) groups is 1. The van der Waals surface area contributed by atoms with Crippen molar-refractivity contribution in [1.82, 2.24) is 5.32 Å². The van der Waals surface area contributed by atoms with Gasteiger partial charge in [0.2, 0.25) is 0 Å². The number of hydrogen-bond donors (Lipinski definition) is 1. The van der Waals surface area contributed by atoms with Gasteiger partial charge < -0.3 is 5.32 Å². The smallest absolute Gasteiger partial charge is 0.313 e. The summed E-state index contributed by atoms with van der Waals surface area (Å²) in [4.78, 5) is 0. The van der Waals surface area contributed by atoms with Crippen LogP contribution in [0.25, 0.3) is 0 Å². The molecule has 5 heteroatoms. The van der Waals surface area contributed by atoms with Crippen LogP contribution in [-0.2, 0) is 0 Å². The van der Waals surface area contributed by atoms with Crippen molar-refractivity contribution in [3.8, 4) is 0 Å². The Morgan fingerprint density at radius 2 is 1.93 bits per heavy atom.